The molecule has 0 radical (unpaired) electrons. The second-order valence-electron chi connectivity index (χ2n) is 8.21. The van der Waals surface area contributed by atoms with Crippen molar-refractivity contribution in [1.29, 1.82) is 0 Å². The van der Waals surface area contributed by atoms with Gasteiger partial charge in [0.2, 0.25) is 5.91 Å². The topological polar surface area (TPSA) is 56.7 Å². The minimum Gasteiger partial charge on any atom is -0.361 e. The van der Waals surface area contributed by atoms with Gasteiger partial charge in [-0.15, -0.1) is 0 Å². The zero-order valence-corrected chi connectivity index (χ0v) is 18.4. The molecule has 0 bridgehead atoms. The first-order valence-electron chi connectivity index (χ1n) is 10.4. The molecule has 2 aromatic rings. The van der Waals surface area contributed by atoms with Crippen molar-refractivity contribution in [2.24, 2.45) is 4.99 Å². The standard InChI is InChI=1S/C23H26F2N4OS/c1-15(2)29-11-9-23(10-12-29)27-20-6-4-3-5-17(20)22(28-23)31-14-21(30)26-16-7-8-18(24)19(25)13-16/h3-8,13,15,27H,9-12,14H2,1-2H3,(H,26,30). The summed E-state index contributed by atoms with van der Waals surface area (Å²) in [5, 5.41) is 7.08. The van der Waals surface area contributed by atoms with Crippen molar-refractivity contribution < 1.29 is 13.6 Å². The summed E-state index contributed by atoms with van der Waals surface area (Å²) in [6.07, 6.45) is 1.79. The van der Waals surface area contributed by atoms with Crippen LogP contribution in [0.3, 0.4) is 0 Å². The SMILES string of the molecule is CC(C)N1CCC2(CC1)N=C(SCC(=O)Nc1ccc(F)c(F)c1)c1ccccc1N2. The quantitative estimate of drug-likeness (QED) is 0.717. The van der Waals surface area contributed by atoms with E-state index >= 15 is 0 Å². The smallest absolute Gasteiger partial charge is 0.234 e. The van der Waals surface area contributed by atoms with Gasteiger partial charge in [0.25, 0.3) is 0 Å². The molecule has 0 aliphatic carbocycles. The summed E-state index contributed by atoms with van der Waals surface area (Å²) >= 11 is 1.37. The number of aliphatic imine (C=N–C) groups is 1. The monoisotopic (exact) mass is 444 g/mol. The van der Waals surface area contributed by atoms with Crippen LogP contribution < -0.4 is 10.6 Å². The van der Waals surface area contributed by atoms with Crippen molar-refractivity contribution in [1.82, 2.24) is 4.90 Å². The highest BCUT2D eigenvalue weighted by Gasteiger charge is 2.38. The molecule has 2 heterocycles. The van der Waals surface area contributed by atoms with E-state index < -0.39 is 11.6 Å². The Morgan fingerprint density at radius 1 is 1.19 bits per heavy atom. The molecule has 164 valence electrons. The largest absolute Gasteiger partial charge is 0.361 e. The predicted octanol–water partition coefficient (Wildman–Crippen LogP) is 4.71. The van der Waals surface area contributed by atoms with E-state index in [1.54, 1.807) is 0 Å². The average Bonchev–Trinajstić information content (AvgIpc) is 2.75. The van der Waals surface area contributed by atoms with Crippen LogP contribution in [-0.4, -0.2) is 46.4 Å². The molecule has 1 fully saturated rings. The van der Waals surface area contributed by atoms with Gasteiger partial charge in [-0.3, -0.25) is 4.79 Å². The highest BCUT2D eigenvalue weighted by atomic mass is 32.2. The zero-order valence-electron chi connectivity index (χ0n) is 17.6. The van der Waals surface area contributed by atoms with Crippen molar-refractivity contribution in [2.45, 2.75) is 38.4 Å². The summed E-state index contributed by atoms with van der Waals surface area (Å²) in [4.78, 5) is 19.9. The van der Waals surface area contributed by atoms with E-state index in [2.05, 4.69) is 29.4 Å². The first-order valence-corrected chi connectivity index (χ1v) is 11.4. The summed E-state index contributed by atoms with van der Waals surface area (Å²) in [7, 11) is 0. The number of rotatable bonds is 4. The average molecular weight is 445 g/mol. The third-order valence-electron chi connectivity index (χ3n) is 5.74. The number of halogens is 2. The maximum absolute atomic E-state index is 13.4. The normalized spacial score (nSPS) is 17.8. The van der Waals surface area contributed by atoms with E-state index in [9.17, 15) is 13.6 Å². The summed E-state index contributed by atoms with van der Waals surface area (Å²) in [6.45, 7) is 6.34. The molecule has 1 amide bonds. The molecule has 8 heteroatoms. The van der Waals surface area contributed by atoms with Gasteiger partial charge in [0.1, 0.15) is 10.7 Å². The Labute approximate surface area is 185 Å². The van der Waals surface area contributed by atoms with Crippen LogP contribution in [-0.2, 0) is 4.79 Å². The molecule has 1 spiro atoms. The number of nitrogens with one attached hydrogen (secondary N) is 2. The highest BCUT2D eigenvalue weighted by molar-refractivity contribution is 8.15. The second-order valence-corrected chi connectivity index (χ2v) is 9.18. The maximum atomic E-state index is 13.4. The molecular weight excluding hydrogens is 418 g/mol. The minimum absolute atomic E-state index is 0.125. The number of benzene rings is 2. The fourth-order valence-corrected chi connectivity index (χ4v) is 4.89. The van der Waals surface area contributed by atoms with E-state index in [-0.39, 0.29) is 23.0 Å². The highest BCUT2D eigenvalue weighted by Crippen LogP contribution is 2.37. The Bertz CT molecular complexity index is 1000. The Kier molecular flexibility index (Phi) is 6.29. The van der Waals surface area contributed by atoms with Crippen molar-refractivity contribution in [2.75, 3.05) is 29.5 Å². The van der Waals surface area contributed by atoms with Gasteiger partial charge in [0.05, 0.1) is 5.75 Å². The molecule has 0 unspecified atom stereocenters. The number of likely N-dealkylation sites (tertiary alicyclic amines) is 1. The molecule has 0 aromatic heterocycles. The van der Waals surface area contributed by atoms with Gasteiger partial charge >= 0.3 is 0 Å². The Morgan fingerprint density at radius 2 is 1.94 bits per heavy atom. The van der Waals surface area contributed by atoms with Gasteiger partial charge in [-0.2, -0.15) is 0 Å². The molecule has 31 heavy (non-hydrogen) atoms. The summed E-state index contributed by atoms with van der Waals surface area (Å²) in [6, 6.07) is 11.8. The maximum Gasteiger partial charge on any atom is 0.234 e. The lowest BCUT2D eigenvalue weighted by molar-refractivity contribution is -0.113. The summed E-state index contributed by atoms with van der Waals surface area (Å²) in [5.74, 6) is -2.10. The van der Waals surface area contributed by atoms with Crippen LogP contribution in [0.1, 0.15) is 32.3 Å². The molecular formula is C23H26F2N4OS. The Hall–Kier alpha value is -2.45. The molecule has 5 nitrogen and oxygen atoms in total. The van der Waals surface area contributed by atoms with Crippen LogP contribution in [0.2, 0.25) is 0 Å². The molecule has 0 saturated carbocycles. The third kappa shape index (κ3) is 4.91. The number of hydrogen-bond donors (Lipinski definition) is 2. The van der Waals surface area contributed by atoms with Crippen molar-refractivity contribution in [3.63, 3.8) is 0 Å². The lowest BCUT2D eigenvalue weighted by Crippen LogP contribution is -2.51. The van der Waals surface area contributed by atoms with E-state index in [0.29, 0.717) is 6.04 Å². The number of anilines is 2. The number of nitrogens with zero attached hydrogens (tertiary/aromatic N) is 2. The number of amides is 1. The molecule has 1 saturated heterocycles. The fraction of sp³-hybridized carbons (Fsp3) is 0.391. The second kappa shape index (κ2) is 8.96. The van der Waals surface area contributed by atoms with Crippen LogP contribution in [0.15, 0.2) is 47.5 Å². The number of hydrogen-bond acceptors (Lipinski definition) is 5. The third-order valence-corrected chi connectivity index (χ3v) is 6.73. The van der Waals surface area contributed by atoms with Crippen LogP contribution in [0.4, 0.5) is 20.2 Å². The first kappa shape index (κ1) is 21.8. The van der Waals surface area contributed by atoms with Gasteiger partial charge in [-0.1, -0.05) is 30.0 Å². The number of carbonyl (C=O) groups is 1. The summed E-state index contributed by atoms with van der Waals surface area (Å²) < 4.78 is 26.5. The number of fused-ring (bicyclic) bond motifs is 1. The molecule has 2 aliphatic heterocycles. The van der Waals surface area contributed by atoms with Gasteiger partial charge in [-0.05, 0) is 32.0 Å². The molecule has 0 atom stereocenters. The Balaban J connectivity index is 1.47. The lowest BCUT2D eigenvalue weighted by atomic mass is 9.94. The van der Waals surface area contributed by atoms with Gasteiger partial charge in [-0.25, -0.2) is 13.8 Å². The molecule has 4 rings (SSSR count). The number of carbonyl (C=O) groups excluding carboxylic acids is 1. The minimum atomic E-state index is -0.989. The number of piperidine rings is 1. The number of thioether (sulfide) groups is 1. The zero-order chi connectivity index (χ0) is 22.0. The first-order chi connectivity index (χ1) is 14.8. The van der Waals surface area contributed by atoms with Gasteiger partial charge in [0, 0.05) is 55.0 Å². The van der Waals surface area contributed by atoms with Gasteiger partial charge < -0.3 is 15.5 Å². The fourth-order valence-electron chi connectivity index (χ4n) is 3.97. The van der Waals surface area contributed by atoms with E-state index in [4.69, 9.17) is 4.99 Å². The lowest BCUT2D eigenvalue weighted by Gasteiger charge is -2.44. The molecule has 2 N–H and O–H groups in total. The number of para-hydroxylation sites is 1. The summed E-state index contributed by atoms with van der Waals surface area (Å²) in [5.41, 5.74) is 1.87. The van der Waals surface area contributed by atoms with Gasteiger partial charge in [0.15, 0.2) is 11.6 Å². The van der Waals surface area contributed by atoms with Crippen LogP contribution in [0, 0.1) is 11.6 Å². The predicted molar refractivity (Wildman–Crippen MR) is 123 cm³/mol. The van der Waals surface area contributed by atoms with Crippen LogP contribution >= 0.6 is 11.8 Å². The van der Waals surface area contributed by atoms with E-state index in [1.165, 1.54) is 17.8 Å². The molecule has 2 aliphatic rings. The van der Waals surface area contributed by atoms with Crippen molar-refractivity contribution in [3.8, 4) is 0 Å². The van der Waals surface area contributed by atoms with Crippen LogP contribution in [0.5, 0.6) is 0 Å². The van der Waals surface area contributed by atoms with Crippen LogP contribution in [0.25, 0.3) is 0 Å². The van der Waals surface area contributed by atoms with E-state index in [1.807, 2.05) is 24.3 Å². The van der Waals surface area contributed by atoms with Crippen molar-refractivity contribution in [3.05, 3.63) is 59.7 Å². The van der Waals surface area contributed by atoms with Crippen molar-refractivity contribution >= 4 is 34.1 Å². The Morgan fingerprint density at radius 3 is 2.65 bits per heavy atom. The molecule has 2 aromatic carbocycles. The van der Waals surface area contributed by atoms with E-state index in [0.717, 1.165) is 54.4 Å².